The molecule has 1 fully saturated rings. The molecule has 0 aliphatic heterocycles. The molecule has 4 amide bonds. The predicted molar refractivity (Wildman–Crippen MR) is 127 cm³/mol. The number of carbonyl (C=O) groups excluding carboxylic acids is 2. The fourth-order valence-electron chi connectivity index (χ4n) is 4.05. The number of hydrogen-bond acceptors (Lipinski definition) is 2. The highest BCUT2D eigenvalue weighted by atomic mass is 16.2. The molecule has 0 unspecified atom stereocenters. The molecule has 31 heavy (non-hydrogen) atoms. The molecule has 1 saturated carbocycles. The Labute approximate surface area is 185 Å². The average molecular weight is 423 g/mol. The molecule has 0 saturated heterocycles. The van der Waals surface area contributed by atoms with Gasteiger partial charge in [-0.05, 0) is 79.8 Å². The molecule has 0 bridgehead atoms. The highest BCUT2D eigenvalue weighted by molar-refractivity contribution is 5.91. The molecule has 2 aromatic carbocycles. The number of carbonyl (C=O) groups is 2. The first kappa shape index (κ1) is 22.7. The Kier molecular flexibility index (Phi) is 6.58. The average Bonchev–Trinajstić information content (AvgIpc) is 2.69. The first-order valence-corrected chi connectivity index (χ1v) is 10.8. The summed E-state index contributed by atoms with van der Waals surface area (Å²) in [5.74, 6) is 0.294. The summed E-state index contributed by atoms with van der Waals surface area (Å²) in [5, 5.41) is 12.0. The van der Waals surface area contributed by atoms with Gasteiger partial charge in [-0.1, -0.05) is 38.1 Å². The second kappa shape index (κ2) is 9.00. The lowest BCUT2D eigenvalue weighted by molar-refractivity contribution is 0.0244. The van der Waals surface area contributed by atoms with Crippen molar-refractivity contribution in [2.24, 2.45) is 11.3 Å². The quantitative estimate of drug-likeness (QED) is 0.529. The van der Waals surface area contributed by atoms with Gasteiger partial charge >= 0.3 is 12.1 Å². The van der Waals surface area contributed by atoms with E-state index < -0.39 is 0 Å². The maximum absolute atomic E-state index is 12.5. The zero-order chi connectivity index (χ0) is 22.8. The number of aryl methyl sites for hydroxylation is 4. The van der Waals surface area contributed by atoms with Crippen LogP contribution in [0.15, 0.2) is 36.4 Å². The molecule has 6 nitrogen and oxygen atoms in total. The number of benzene rings is 2. The van der Waals surface area contributed by atoms with E-state index in [4.69, 9.17) is 0 Å². The van der Waals surface area contributed by atoms with Crippen molar-refractivity contribution < 1.29 is 9.59 Å². The molecule has 1 aliphatic rings. The van der Waals surface area contributed by atoms with Crippen LogP contribution in [0.3, 0.4) is 0 Å². The monoisotopic (exact) mass is 422 g/mol. The molecule has 6 heteroatoms. The lowest BCUT2D eigenvalue weighted by atomic mass is 9.58. The summed E-state index contributed by atoms with van der Waals surface area (Å²) in [7, 11) is 0. The topological polar surface area (TPSA) is 82.3 Å². The molecule has 1 aliphatic carbocycles. The van der Waals surface area contributed by atoms with Crippen LogP contribution in [0, 0.1) is 39.0 Å². The van der Waals surface area contributed by atoms with E-state index in [1.54, 1.807) is 0 Å². The van der Waals surface area contributed by atoms with Gasteiger partial charge < -0.3 is 21.3 Å². The van der Waals surface area contributed by atoms with Crippen molar-refractivity contribution >= 4 is 23.4 Å². The van der Waals surface area contributed by atoms with E-state index in [-0.39, 0.29) is 23.5 Å². The Balaban J connectivity index is 1.48. The molecule has 4 N–H and O–H groups in total. The Morgan fingerprint density at radius 2 is 1.39 bits per heavy atom. The Morgan fingerprint density at radius 1 is 0.871 bits per heavy atom. The standard InChI is InChI=1S/C25H34N4O2/c1-15-7-9-17(3)20(11-15)27-23(30)26-14-19-13-22(25(19,5)6)29-24(31)28-21-12-16(2)8-10-18(21)4/h7-12,19,22H,13-14H2,1-6H3,(H2,26,27,30)(H2,28,29,31)/t19-,22-/m0/s1. The fraction of sp³-hybridized carbons (Fsp3) is 0.440. The Bertz CT molecular complexity index is 983. The van der Waals surface area contributed by atoms with E-state index in [0.717, 1.165) is 40.0 Å². The van der Waals surface area contributed by atoms with Crippen molar-refractivity contribution in [2.75, 3.05) is 17.2 Å². The van der Waals surface area contributed by atoms with E-state index in [9.17, 15) is 9.59 Å². The van der Waals surface area contributed by atoms with E-state index in [1.165, 1.54) is 0 Å². The third-order valence-electron chi connectivity index (χ3n) is 6.57. The summed E-state index contributed by atoms with van der Waals surface area (Å²) in [6.45, 7) is 12.8. The maximum Gasteiger partial charge on any atom is 0.319 e. The van der Waals surface area contributed by atoms with Gasteiger partial charge in [0.05, 0.1) is 0 Å². The lowest BCUT2D eigenvalue weighted by Gasteiger charge is -2.52. The van der Waals surface area contributed by atoms with E-state index >= 15 is 0 Å². The van der Waals surface area contributed by atoms with Gasteiger partial charge in [0.15, 0.2) is 0 Å². The van der Waals surface area contributed by atoms with Crippen LogP contribution in [-0.2, 0) is 0 Å². The van der Waals surface area contributed by atoms with Crippen LogP contribution in [-0.4, -0.2) is 24.6 Å². The van der Waals surface area contributed by atoms with E-state index in [1.807, 2.05) is 64.1 Å². The van der Waals surface area contributed by atoms with E-state index in [2.05, 4.69) is 35.1 Å². The molecule has 3 rings (SSSR count). The second-order valence-electron chi connectivity index (χ2n) is 9.38. The molecule has 0 aromatic heterocycles. The van der Waals surface area contributed by atoms with Crippen LogP contribution in [0.1, 0.15) is 42.5 Å². The van der Waals surface area contributed by atoms with E-state index in [0.29, 0.717) is 12.5 Å². The van der Waals surface area contributed by atoms with Gasteiger partial charge in [-0.15, -0.1) is 0 Å². The van der Waals surface area contributed by atoms with Crippen molar-refractivity contribution in [3.05, 3.63) is 58.7 Å². The van der Waals surface area contributed by atoms with Crippen molar-refractivity contribution in [1.82, 2.24) is 10.6 Å². The largest absolute Gasteiger partial charge is 0.338 e. The van der Waals surface area contributed by atoms with Crippen LogP contribution in [0.2, 0.25) is 0 Å². The predicted octanol–water partition coefficient (Wildman–Crippen LogP) is 5.28. The second-order valence-corrected chi connectivity index (χ2v) is 9.38. The Hall–Kier alpha value is -3.02. The zero-order valence-electron chi connectivity index (χ0n) is 19.3. The zero-order valence-corrected chi connectivity index (χ0v) is 19.3. The van der Waals surface area contributed by atoms with Gasteiger partial charge in [-0.2, -0.15) is 0 Å². The van der Waals surface area contributed by atoms with Gasteiger partial charge in [0.25, 0.3) is 0 Å². The summed E-state index contributed by atoms with van der Waals surface area (Å²) >= 11 is 0. The normalized spacial score (nSPS) is 19.2. The van der Waals surface area contributed by atoms with Crippen molar-refractivity contribution in [3.8, 4) is 0 Å². The third kappa shape index (κ3) is 5.37. The summed E-state index contributed by atoms with van der Waals surface area (Å²) in [5.41, 5.74) is 5.83. The molecular weight excluding hydrogens is 388 g/mol. The highest BCUT2D eigenvalue weighted by Gasteiger charge is 2.48. The first-order chi connectivity index (χ1) is 14.6. The van der Waals surface area contributed by atoms with Gasteiger partial charge in [-0.3, -0.25) is 0 Å². The molecule has 0 heterocycles. The maximum atomic E-state index is 12.5. The van der Waals surface area contributed by atoms with Crippen LogP contribution in [0.5, 0.6) is 0 Å². The minimum absolute atomic E-state index is 0.0616. The number of nitrogens with one attached hydrogen (secondary N) is 4. The van der Waals surface area contributed by atoms with Gasteiger partial charge in [0.2, 0.25) is 0 Å². The van der Waals surface area contributed by atoms with Crippen LogP contribution < -0.4 is 21.3 Å². The number of amides is 4. The number of urea groups is 2. The molecule has 166 valence electrons. The number of hydrogen-bond donors (Lipinski definition) is 4. The summed E-state index contributed by atoms with van der Waals surface area (Å²) in [6, 6.07) is 11.7. The van der Waals surface area contributed by atoms with Gasteiger partial charge in [-0.25, -0.2) is 9.59 Å². The summed E-state index contributed by atoms with van der Waals surface area (Å²) in [4.78, 5) is 24.9. The van der Waals surface area contributed by atoms with Crippen LogP contribution in [0.4, 0.5) is 21.0 Å². The number of anilines is 2. The van der Waals surface area contributed by atoms with Gasteiger partial charge in [0.1, 0.15) is 0 Å². The summed E-state index contributed by atoms with van der Waals surface area (Å²) in [6.07, 6.45) is 0.830. The SMILES string of the molecule is Cc1ccc(C)c(NC(=O)NC[C@@H]2C[C@H](NC(=O)Nc3cc(C)ccc3C)C2(C)C)c1. The molecule has 2 atom stereocenters. The van der Waals surface area contributed by atoms with Crippen molar-refractivity contribution in [1.29, 1.82) is 0 Å². The Morgan fingerprint density at radius 3 is 1.90 bits per heavy atom. The third-order valence-corrected chi connectivity index (χ3v) is 6.57. The highest BCUT2D eigenvalue weighted by Crippen LogP contribution is 2.45. The molecular formula is C25H34N4O2. The smallest absolute Gasteiger partial charge is 0.319 e. The molecule has 0 radical (unpaired) electrons. The summed E-state index contributed by atoms with van der Waals surface area (Å²) < 4.78 is 0. The first-order valence-electron chi connectivity index (χ1n) is 10.8. The fourth-order valence-corrected chi connectivity index (χ4v) is 4.05. The van der Waals surface area contributed by atoms with Crippen LogP contribution >= 0.6 is 0 Å². The van der Waals surface area contributed by atoms with Gasteiger partial charge in [0, 0.05) is 24.0 Å². The van der Waals surface area contributed by atoms with Crippen molar-refractivity contribution in [3.63, 3.8) is 0 Å². The number of rotatable bonds is 5. The minimum atomic E-state index is -0.200. The molecule has 0 spiro atoms. The van der Waals surface area contributed by atoms with Crippen LogP contribution in [0.25, 0.3) is 0 Å². The van der Waals surface area contributed by atoms with Crippen molar-refractivity contribution in [2.45, 2.75) is 54.0 Å². The minimum Gasteiger partial charge on any atom is -0.338 e. The molecule has 2 aromatic rings. The lowest BCUT2D eigenvalue weighted by Crippen LogP contribution is -2.61.